The van der Waals surface area contributed by atoms with Gasteiger partial charge >= 0.3 is 0 Å². The Hall–Kier alpha value is -1.33. The number of hydrogen-bond acceptors (Lipinski definition) is 3. The third-order valence-corrected chi connectivity index (χ3v) is 3.29. The number of aromatic nitrogens is 2. The lowest BCUT2D eigenvalue weighted by atomic mass is 10.1. The van der Waals surface area contributed by atoms with E-state index in [9.17, 15) is 5.11 Å². The molecule has 1 N–H and O–H groups in total. The second kappa shape index (κ2) is 5.54. The summed E-state index contributed by atoms with van der Waals surface area (Å²) < 4.78 is 2.77. The van der Waals surface area contributed by atoms with Crippen LogP contribution in [0, 0.1) is 0 Å². The molecule has 5 heteroatoms. The van der Waals surface area contributed by atoms with E-state index in [1.807, 2.05) is 44.7 Å². The Morgan fingerprint density at radius 2 is 2.22 bits per heavy atom. The molecule has 2 aromatic rings. The van der Waals surface area contributed by atoms with Crippen molar-refractivity contribution in [2.75, 3.05) is 11.9 Å². The summed E-state index contributed by atoms with van der Waals surface area (Å²) in [6.45, 7) is 0.800. The Labute approximate surface area is 115 Å². The lowest BCUT2D eigenvalue weighted by Crippen LogP contribution is -2.17. The van der Waals surface area contributed by atoms with Crippen molar-refractivity contribution in [1.82, 2.24) is 9.78 Å². The first-order chi connectivity index (χ1) is 8.60. The van der Waals surface area contributed by atoms with Gasteiger partial charge in [0.1, 0.15) is 0 Å². The van der Waals surface area contributed by atoms with Crippen LogP contribution >= 0.6 is 15.9 Å². The zero-order valence-corrected chi connectivity index (χ0v) is 12.1. The van der Waals surface area contributed by atoms with E-state index in [1.54, 1.807) is 4.68 Å². The normalized spacial score (nSPS) is 10.7. The average Bonchev–Trinajstić information content (AvgIpc) is 2.74. The van der Waals surface area contributed by atoms with Crippen molar-refractivity contribution in [3.8, 4) is 0 Å². The van der Waals surface area contributed by atoms with Gasteiger partial charge in [-0.1, -0.05) is 15.9 Å². The molecule has 0 aliphatic heterocycles. The Morgan fingerprint density at radius 1 is 1.44 bits per heavy atom. The molecule has 0 spiro atoms. The minimum absolute atomic E-state index is 0.0339. The van der Waals surface area contributed by atoms with Gasteiger partial charge in [0.15, 0.2) is 0 Å². The van der Waals surface area contributed by atoms with Gasteiger partial charge in [-0.15, -0.1) is 0 Å². The summed E-state index contributed by atoms with van der Waals surface area (Å²) in [6, 6.07) is 5.93. The Bertz CT molecular complexity index is 539. The number of benzene rings is 1. The van der Waals surface area contributed by atoms with E-state index in [-0.39, 0.29) is 6.61 Å². The van der Waals surface area contributed by atoms with E-state index in [0.29, 0.717) is 0 Å². The number of halogens is 1. The van der Waals surface area contributed by atoms with Gasteiger partial charge in [0, 0.05) is 48.1 Å². The van der Waals surface area contributed by atoms with Crippen LogP contribution < -0.4 is 4.90 Å². The summed E-state index contributed by atoms with van der Waals surface area (Å²) in [7, 11) is 3.91. The summed E-state index contributed by atoms with van der Waals surface area (Å²) in [6.07, 6.45) is 3.85. The number of aliphatic hydroxyl groups is 1. The second-order valence-electron chi connectivity index (χ2n) is 4.31. The fraction of sp³-hybridized carbons (Fsp3) is 0.308. The lowest BCUT2D eigenvalue weighted by molar-refractivity contribution is 0.282. The first kappa shape index (κ1) is 13.1. The second-order valence-corrected chi connectivity index (χ2v) is 5.23. The van der Waals surface area contributed by atoms with E-state index < -0.39 is 0 Å². The van der Waals surface area contributed by atoms with Gasteiger partial charge in [0.05, 0.1) is 12.8 Å². The standard InChI is InChI=1S/C13H16BrN3O/c1-16(7-10-6-15-17(2)8-10)13-4-3-12(14)5-11(13)9-18/h3-6,8,18H,7,9H2,1-2H3. The fourth-order valence-electron chi connectivity index (χ4n) is 1.97. The topological polar surface area (TPSA) is 41.3 Å². The minimum atomic E-state index is 0.0339. The SMILES string of the molecule is CN(Cc1cnn(C)c1)c1ccc(Br)cc1CO. The van der Waals surface area contributed by atoms with E-state index in [1.165, 1.54) is 0 Å². The highest BCUT2D eigenvalue weighted by Crippen LogP contribution is 2.25. The maximum Gasteiger partial charge on any atom is 0.0702 e. The van der Waals surface area contributed by atoms with E-state index >= 15 is 0 Å². The summed E-state index contributed by atoms with van der Waals surface area (Å²) in [5.41, 5.74) is 3.09. The Morgan fingerprint density at radius 3 is 2.83 bits per heavy atom. The Kier molecular flexibility index (Phi) is 4.04. The zero-order valence-electron chi connectivity index (χ0n) is 10.5. The molecule has 96 valence electrons. The van der Waals surface area contributed by atoms with Gasteiger partial charge in [-0.2, -0.15) is 5.10 Å². The van der Waals surface area contributed by atoms with Gasteiger partial charge in [-0.25, -0.2) is 0 Å². The summed E-state index contributed by atoms with van der Waals surface area (Å²) in [4.78, 5) is 2.11. The molecular weight excluding hydrogens is 294 g/mol. The summed E-state index contributed by atoms with van der Waals surface area (Å²) in [5, 5.41) is 13.6. The van der Waals surface area contributed by atoms with Gasteiger partial charge in [0.2, 0.25) is 0 Å². The third kappa shape index (κ3) is 2.91. The lowest BCUT2D eigenvalue weighted by Gasteiger charge is -2.21. The van der Waals surface area contributed by atoms with Crippen LogP contribution in [-0.2, 0) is 20.2 Å². The van der Waals surface area contributed by atoms with E-state index in [0.717, 1.165) is 27.8 Å². The maximum absolute atomic E-state index is 9.40. The van der Waals surface area contributed by atoms with Crippen LogP contribution in [0.5, 0.6) is 0 Å². The molecule has 1 aromatic carbocycles. The van der Waals surface area contributed by atoms with Crippen molar-refractivity contribution in [2.24, 2.45) is 7.05 Å². The first-order valence-electron chi connectivity index (χ1n) is 5.68. The van der Waals surface area contributed by atoms with Gasteiger partial charge in [-0.05, 0) is 18.2 Å². The minimum Gasteiger partial charge on any atom is -0.392 e. The van der Waals surface area contributed by atoms with Crippen molar-refractivity contribution in [3.05, 3.63) is 46.2 Å². The molecule has 0 aliphatic carbocycles. The number of anilines is 1. The molecule has 0 bridgehead atoms. The molecule has 0 saturated heterocycles. The predicted molar refractivity (Wildman–Crippen MR) is 75.4 cm³/mol. The highest BCUT2D eigenvalue weighted by molar-refractivity contribution is 9.10. The molecule has 0 atom stereocenters. The number of nitrogens with zero attached hydrogens (tertiary/aromatic N) is 3. The van der Waals surface area contributed by atoms with Gasteiger partial charge < -0.3 is 10.0 Å². The van der Waals surface area contributed by atoms with Crippen LogP contribution in [-0.4, -0.2) is 21.9 Å². The van der Waals surface area contributed by atoms with Crippen molar-refractivity contribution >= 4 is 21.6 Å². The smallest absolute Gasteiger partial charge is 0.0702 e. The Balaban J connectivity index is 2.20. The number of hydrogen-bond donors (Lipinski definition) is 1. The molecule has 0 aliphatic rings. The van der Waals surface area contributed by atoms with Gasteiger partial charge in [0.25, 0.3) is 0 Å². The van der Waals surface area contributed by atoms with E-state index in [2.05, 4.69) is 25.9 Å². The summed E-state index contributed by atoms with van der Waals surface area (Å²) >= 11 is 3.41. The highest BCUT2D eigenvalue weighted by atomic mass is 79.9. The van der Waals surface area contributed by atoms with Crippen LogP contribution in [0.4, 0.5) is 5.69 Å². The molecule has 2 rings (SSSR count). The molecule has 18 heavy (non-hydrogen) atoms. The largest absolute Gasteiger partial charge is 0.392 e. The van der Waals surface area contributed by atoms with Crippen molar-refractivity contribution in [2.45, 2.75) is 13.2 Å². The van der Waals surface area contributed by atoms with Crippen LogP contribution in [0.2, 0.25) is 0 Å². The molecular formula is C13H16BrN3O. The quantitative estimate of drug-likeness (QED) is 0.942. The number of aryl methyl sites for hydroxylation is 1. The van der Waals surface area contributed by atoms with Crippen LogP contribution in [0.1, 0.15) is 11.1 Å². The molecule has 0 fully saturated rings. The molecule has 0 saturated carbocycles. The number of rotatable bonds is 4. The molecule has 0 unspecified atom stereocenters. The van der Waals surface area contributed by atoms with Gasteiger partial charge in [-0.3, -0.25) is 4.68 Å². The first-order valence-corrected chi connectivity index (χ1v) is 6.47. The van der Waals surface area contributed by atoms with E-state index in [4.69, 9.17) is 0 Å². The zero-order chi connectivity index (χ0) is 13.1. The van der Waals surface area contributed by atoms with Crippen LogP contribution in [0.3, 0.4) is 0 Å². The monoisotopic (exact) mass is 309 g/mol. The molecule has 1 heterocycles. The van der Waals surface area contributed by atoms with Crippen molar-refractivity contribution in [1.29, 1.82) is 0 Å². The number of aliphatic hydroxyl groups excluding tert-OH is 1. The summed E-state index contributed by atoms with van der Waals surface area (Å²) in [5.74, 6) is 0. The molecule has 0 radical (unpaired) electrons. The maximum atomic E-state index is 9.40. The third-order valence-electron chi connectivity index (χ3n) is 2.80. The predicted octanol–water partition coefficient (Wildman–Crippen LogP) is 2.31. The molecule has 0 amide bonds. The van der Waals surface area contributed by atoms with Crippen LogP contribution in [0.25, 0.3) is 0 Å². The van der Waals surface area contributed by atoms with Crippen molar-refractivity contribution in [3.63, 3.8) is 0 Å². The highest BCUT2D eigenvalue weighted by Gasteiger charge is 2.09. The van der Waals surface area contributed by atoms with Crippen molar-refractivity contribution < 1.29 is 5.11 Å². The average molecular weight is 310 g/mol. The molecule has 4 nitrogen and oxygen atoms in total. The molecule has 1 aromatic heterocycles. The van der Waals surface area contributed by atoms with Crippen LogP contribution in [0.15, 0.2) is 35.1 Å². The fourth-order valence-corrected chi connectivity index (χ4v) is 2.37.